The van der Waals surface area contributed by atoms with Crippen LogP contribution < -0.4 is 4.31 Å². The third-order valence-corrected chi connectivity index (χ3v) is 8.32. The molecule has 0 spiro atoms. The maximum absolute atomic E-state index is 13.4. The fourth-order valence-corrected chi connectivity index (χ4v) is 6.08. The zero-order valence-corrected chi connectivity index (χ0v) is 22.9. The van der Waals surface area contributed by atoms with E-state index in [1.165, 1.54) is 6.42 Å². The Balaban J connectivity index is 2.05. The molecule has 0 heterocycles. The second-order valence-electron chi connectivity index (χ2n) is 7.80. The van der Waals surface area contributed by atoms with Crippen LogP contribution in [0.3, 0.4) is 0 Å². The molecule has 0 aromatic heterocycles. The highest BCUT2D eigenvalue weighted by molar-refractivity contribution is 7.98. The molecule has 0 aliphatic carbocycles. The first-order valence-corrected chi connectivity index (χ1v) is 14.6. The van der Waals surface area contributed by atoms with Gasteiger partial charge in [-0.25, -0.2) is 4.21 Å². The van der Waals surface area contributed by atoms with Crippen LogP contribution in [0.4, 0.5) is 5.69 Å². The van der Waals surface area contributed by atoms with Crippen LogP contribution in [0.2, 0.25) is 15.1 Å². The van der Waals surface area contributed by atoms with Crippen LogP contribution in [0.1, 0.15) is 39.5 Å². The molecule has 0 bridgehead atoms. The number of hydrogen-bond acceptors (Lipinski definition) is 3. The first-order chi connectivity index (χ1) is 15.4. The molecule has 0 aliphatic rings. The highest BCUT2D eigenvalue weighted by Gasteiger charge is 2.19. The fraction of sp³-hybridized carbons (Fsp3) is 0.500. The van der Waals surface area contributed by atoms with Gasteiger partial charge in [0.15, 0.2) is 11.0 Å². The summed E-state index contributed by atoms with van der Waals surface area (Å²) in [6.45, 7) is 7.39. The minimum atomic E-state index is -1.41. The van der Waals surface area contributed by atoms with Crippen molar-refractivity contribution in [1.82, 2.24) is 4.90 Å². The molecule has 3 nitrogen and oxygen atoms in total. The van der Waals surface area contributed by atoms with Crippen molar-refractivity contribution < 1.29 is 4.21 Å². The molecule has 2 unspecified atom stereocenters. The van der Waals surface area contributed by atoms with E-state index < -0.39 is 11.0 Å². The summed E-state index contributed by atoms with van der Waals surface area (Å²) in [7, 11) is -1.41. The van der Waals surface area contributed by atoms with E-state index in [0.717, 1.165) is 38.1 Å². The van der Waals surface area contributed by atoms with Gasteiger partial charge in [0.2, 0.25) is 0 Å². The Morgan fingerprint density at radius 2 is 1.59 bits per heavy atom. The number of unbranched alkanes of at least 4 members (excludes halogenated alkanes) is 2. The van der Waals surface area contributed by atoms with Gasteiger partial charge in [-0.05, 0) is 88.0 Å². The van der Waals surface area contributed by atoms with Crippen LogP contribution in [-0.2, 0) is 11.0 Å². The maximum atomic E-state index is 13.4. The molecular formula is C24H33Cl3N2OS2. The average molecular weight is 536 g/mol. The van der Waals surface area contributed by atoms with Crippen molar-refractivity contribution >= 4 is 63.2 Å². The van der Waals surface area contributed by atoms with Crippen molar-refractivity contribution in [1.29, 1.82) is 0 Å². The van der Waals surface area contributed by atoms with E-state index in [2.05, 4.69) is 25.0 Å². The van der Waals surface area contributed by atoms with Crippen LogP contribution in [0, 0.1) is 0 Å². The Kier molecular flexibility index (Phi) is 12.8. The topological polar surface area (TPSA) is 23.6 Å². The van der Waals surface area contributed by atoms with Crippen molar-refractivity contribution in [2.45, 2.75) is 50.5 Å². The zero-order chi connectivity index (χ0) is 23.5. The molecule has 178 valence electrons. The number of benzene rings is 2. The van der Waals surface area contributed by atoms with Crippen LogP contribution in [0.5, 0.6) is 0 Å². The maximum Gasteiger partial charge on any atom is 0.152 e. The van der Waals surface area contributed by atoms with Gasteiger partial charge in [0.25, 0.3) is 0 Å². The molecule has 0 amide bonds. The van der Waals surface area contributed by atoms with Gasteiger partial charge in [0.1, 0.15) is 0 Å². The van der Waals surface area contributed by atoms with E-state index in [9.17, 15) is 4.21 Å². The Hall–Kier alpha value is -0.430. The van der Waals surface area contributed by atoms with E-state index in [1.807, 2.05) is 16.1 Å². The lowest BCUT2D eigenvalue weighted by Gasteiger charge is -2.28. The number of nitrogens with zero attached hydrogens (tertiary/aromatic N) is 2. The van der Waals surface area contributed by atoms with Gasteiger partial charge in [-0.3, -0.25) is 9.21 Å². The number of anilines is 1. The number of hydrogen-bond donors (Lipinski definition) is 0. The minimum Gasteiger partial charge on any atom is -0.300 e. The predicted octanol–water partition coefficient (Wildman–Crippen LogP) is 7.81. The standard InChI is InChI=1S/C24H33Cl3N2OS2/c1-4-14-28(19(2)18-31-3)15-6-5-7-16-29(24-17-21(26)10-13-23(24)27)32(30)22-11-8-20(25)9-12-22/h8-13,17,19H,4-7,14-16,18H2,1-3H3. The molecule has 0 N–H and O–H groups in total. The fourth-order valence-electron chi connectivity index (χ4n) is 3.58. The number of thioether (sulfide) groups is 1. The van der Waals surface area contributed by atoms with E-state index in [0.29, 0.717) is 38.2 Å². The molecule has 2 aromatic rings. The molecule has 32 heavy (non-hydrogen) atoms. The Labute approximate surface area is 215 Å². The third-order valence-electron chi connectivity index (χ3n) is 5.24. The molecule has 2 atom stereocenters. The highest BCUT2D eigenvalue weighted by atomic mass is 35.5. The zero-order valence-electron chi connectivity index (χ0n) is 19.0. The molecule has 0 saturated heterocycles. The van der Waals surface area contributed by atoms with Gasteiger partial charge in [-0.2, -0.15) is 11.8 Å². The summed E-state index contributed by atoms with van der Waals surface area (Å²) in [6.07, 6.45) is 6.41. The summed E-state index contributed by atoms with van der Waals surface area (Å²) in [5.74, 6) is 1.15. The van der Waals surface area contributed by atoms with Crippen LogP contribution in [0.25, 0.3) is 0 Å². The second kappa shape index (κ2) is 14.7. The Morgan fingerprint density at radius 3 is 2.25 bits per heavy atom. The van der Waals surface area contributed by atoms with Crippen molar-refractivity contribution in [3.8, 4) is 0 Å². The summed E-state index contributed by atoms with van der Waals surface area (Å²) in [5.41, 5.74) is 0.689. The molecule has 0 aliphatic heterocycles. The monoisotopic (exact) mass is 534 g/mol. The van der Waals surface area contributed by atoms with Gasteiger partial charge in [0.05, 0.1) is 15.6 Å². The third kappa shape index (κ3) is 8.73. The van der Waals surface area contributed by atoms with Crippen molar-refractivity contribution in [2.24, 2.45) is 0 Å². The summed E-state index contributed by atoms with van der Waals surface area (Å²) >= 11 is 20.6. The van der Waals surface area contributed by atoms with Gasteiger partial charge in [-0.15, -0.1) is 0 Å². The lowest BCUT2D eigenvalue weighted by molar-refractivity contribution is 0.220. The lowest BCUT2D eigenvalue weighted by Crippen LogP contribution is -2.36. The molecule has 0 saturated carbocycles. The van der Waals surface area contributed by atoms with E-state index in [-0.39, 0.29) is 0 Å². The van der Waals surface area contributed by atoms with E-state index in [4.69, 9.17) is 34.8 Å². The second-order valence-corrected chi connectivity index (χ2v) is 11.4. The van der Waals surface area contributed by atoms with Gasteiger partial charge < -0.3 is 0 Å². The first-order valence-electron chi connectivity index (χ1n) is 11.0. The Bertz CT molecular complexity index is 852. The van der Waals surface area contributed by atoms with Crippen molar-refractivity contribution in [2.75, 3.05) is 35.9 Å². The molecule has 2 aromatic carbocycles. The highest BCUT2D eigenvalue weighted by Crippen LogP contribution is 2.32. The van der Waals surface area contributed by atoms with Crippen LogP contribution in [0.15, 0.2) is 47.4 Å². The first kappa shape index (κ1) is 27.8. The van der Waals surface area contributed by atoms with Gasteiger partial charge in [0, 0.05) is 28.4 Å². The molecular weight excluding hydrogens is 503 g/mol. The average Bonchev–Trinajstić information content (AvgIpc) is 2.77. The summed E-state index contributed by atoms with van der Waals surface area (Å²) in [4.78, 5) is 3.26. The molecule has 0 fully saturated rings. The minimum absolute atomic E-state index is 0.539. The SMILES string of the molecule is CCCN(CCCCCN(c1cc(Cl)ccc1Cl)S(=O)c1ccc(Cl)cc1)C(C)CSC. The molecule has 0 radical (unpaired) electrons. The predicted molar refractivity (Wildman–Crippen MR) is 145 cm³/mol. The summed E-state index contributed by atoms with van der Waals surface area (Å²) < 4.78 is 15.3. The molecule has 8 heteroatoms. The van der Waals surface area contributed by atoms with Gasteiger partial charge in [-0.1, -0.05) is 48.1 Å². The molecule has 2 rings (SSSR count). The Morgan fingerprint density at radius 1 is 0.938 bits per heavy atom. The van der Waals surface area contributed by atoms with E-state index >= 15 is 0 Å². The largest absolute Gasteiger partial charge is 0.300 e. The quantitative estimate of drug-likeness (QED) is 0.230. The van der Waals surface area contributed by atoms with Crippen LogP contribution >= 0.6 is 46.6 Å². The lowest BCUT2D eigenvalue weighted by atomic mass is 10.2. The van der Waals surface area contributed by atoms with Crippen molar-refractivity contribution in [3.05, 3.63) is 57.5 Å². The number of rotatable bonds is 14. The normalized spacial score (nSPS) is 13.3. The van der Waals surface area contributed by atoms with E-state index in [1.54, 1.807) is 42.5 Å². The summed E-state index contributed by atoms with van der Waals surface area (Å²) in [5, 5.41) is 1.72. The van der Waals surface area contributed by atoms with Crippen molar-refractivity contribution in [3.63, 3.8) is 0 Å². The van der Waals surface area contributed by atoms with Crippen LogP contribution in [-0.4, -0.2) is 46.8 Å². The number of halogens is 3. The van der Waals surface area contributed by atoms with Gasteiger partial charge >= 0.3 is 0 Å². The summed E-state index contributed by atoms with van der Waals surface area (Å²) in [6, 6.07) is 13.0. The smallest absolute Gasteiger partial charge is 0.152 e.